The number of nitrogens with zero attached hydrogens (tertiary/aromatic N) is 1. The Morgan fingerprint density at radius 1 is 0.796 bits per heavy atom. The molecule has 3 amide bonds. The van der Waals surface area contributed by atoms with E-state index in [9.17, 15) is 28.8 Å². The molecule has 54 heavy (non-hydrogen) atoms. The van der Waals surface area contributed by atoms with Crippen LogP contribution in [0.2, 0.25) is 0 Å². The largest absolute Gasteiger partial charge is 0.400 e. The number of hydrogen-bond donors (Lipinski definition) is 4. The normalized spacial score (nSPS) is 15.5. The lowest BCUT2D eigenvalue weighted by Gasteiger charge is -2.28. The molecule has 1 aromatic rings. The molecule has 306 valence electrons. The van der Waals surface area contributed by atoms with Crippen LogP contribution in [0.3, 0.4) is 0 Å². The molecule has 2 unspecified atom stereocenters. The Labute approximate surface area is 325 Å². The maximum atomic E-state index is 14.0. The van der Waals surface area contributed by atoms with Crippen molar-refractivity contribution < 1.29 is 33.9 Å². The predicted octanol–water partition coefficient (Wildman–Crippen LogP) is 5.73. The maximum absolute atomic E-state index is 14.0. The van der Waals surface area contributed by atoms with Gasteiger partial charge in [0.1, 0.15) is 5.78 Å². The smallest absolute Gasteiger partial charge is 0.224 e. The van der Waals surface area contributed by atoms with Crippen LogP contribution in [0.5, 0.6) is 0 Å². The van der Waals surface area contributed by atoms with Crippen LogP contribution in [0.1, 0.15) is 137 Å². The van der Waals surface area contributed by atoms with Gasteiger partial charge in [-0.3, -0.25) is 28.8 Å². The highest BCUT2D eigenvalue weighted by molar-refractivity contribution is 5.95. The minimum atomic E-state index is -0.858. The molecule has 1 aromatic carbocycles. The summed E-state index contributed by atoms with van der Waals surface area (Å²) in [5.74, 6) is -2.56. The van der Waals surface area contributed by atoms with Crippen molar-refractivity contribution in [3.05, 3.63) is 35.9 Å². The topological polar surface area (TPSA) is 176 Å². The van der Waals surface area contributed by atoms with Crippen LogP contribution in [-0.4, -0.2) is 83.4 Å². The lowest BCUT2D eigenvalue weighted by atomic mass is 9.80. The highest BCUT2D eigenvalue weighted by atomic mass is 16.2. The molecule has 0 saturated heterocycles. The van der Waals surface area contributed by atoms with Gasteiger partial charge in [0, 0.05) is 57.1 Å². The van der Waals surface area contributed by atoms with Gasteiger partial charge in [0.2, 0.25) is 17.7 Å². The fourth-order valence-corrected chi connectivity index (χ4v) is 7.38. The van der Waals surface area contributed by atoms with Crippen molar-refractivity contribution in [3.8, 4) is 0 Å². The highest BCUT2D eigenvalue weighted by Crippen LogP contribution is 2.31. The van der Waals surface area contributed by atoms with E-state index in [0.29, 0.717) is 37.6 Å². The van der Waals surface area contributed by atoms with Crippen molar-refractivity contribution in [3.63, 3.8) is 0 Å². The summed E-state index contributed by atoms with van der Waals surface area (Å²) in [4.78, 5) is 81.3. The number of Topliss-reactive ketones (excluding diaryl/α,β-unsaturated/α-hetero) is 3. The summed E-state index contributed by atoms with van der Waals surface area (Å²) in [5, 5.41) is 12.9. The fraction of sp³-hybridized carbons (Fsp3) is 0.721. The number of hydrogen-bond acceptors (Lipinski definition) is 8. The second kappa shape index (κ2) is 27.2. The molecule has 2 rings (SSSR count). The van der Waals surface area contributed by atoms with Crippen molar-refractivity contribution >= 4 is 35.1 Å². The summed E-state index contributed by atoms with van der Waals surface area (Å²) in [6.45, 7) is 13.8. The van der Waals surface area contributed by atoms with Crippen molar-refractivity contribution in [1.29, 1.82) is 0 Å². The molecule has 11 nitrogen and oxygen atoms in total. The zero-order valence-electron chi connectivity index (χ0n) is 34.4. The summed E-state index contributed by atoms with van der Waals surface area (Å²) < 4.78 is 0. The quantitative estimate of drug-likeness (QED) is 0.0867. The first-order valence-corrected chi connectivity index (χ1v) is 20.4. The van der Waals surface area contributed by atoms with Gasteiger partial charge in [-0.15, -0.1) is 0 Å². The van der Waals surface area contributed by atoms with Crippen LogP contribution in [0.4, 0.5) is 0 Å². The molecular weight excluding hydrogens is 684 g/mol. The van der Waals surface area contributed by atoms with Crippen LogP contribution in [0, 0.1) is 23.7 Å². The van der Waals surface area contributed by atoms with E-state index in [1.165, 1.54) is 0 Å². The number of amides is 3. The second-order valence-electron chi connectivity index (χ2n) is 15.8. The molecule has 1 aliphatic rings. The first kappa shape index (κ1) is 48.6. The molecular formula is C43H72N4O7. The van der Waals surface area contributed by atoms with Gasteiger partial charge in [-0.25, -0.2) is 0 Å². The molecule has 0 spiro atoms. The highest BCUT2D eigenvalue weighted by Gasteiger charge is 2.32. The van der Waals surface area contributed by atoms with Crippen LogP contribution in [0.25, 0.3) is 0 Å². The van der Waals surface area contributed by atoms with Gasteiger partial charge in [0.05, 0.1) is 12.1 Å². The third kappa shape index (κ3) is 19.8. The number of ketones is 3. The number of primary amides is 1. The van der Waals surface area contributed by atoms with Gasteiger partial charge < -0.3 is 26.4 Å². The first-order valence-electron chi connectivity index (χ1n) is 20.4. The number of carbonyl (C=O) groups excluding carboxylic acids is 6. The third-order valence-electron chi connectivity index (χ3n) is 10.5. The SMILES string of the molecule is CCN(CCCC[C@H](NC(=O)C(CC(=O)[C@H](C)NC(=O)C(CC(=O)CC(C)C)Cc1ccccc1)CC1CCCCC1)C(=O)CCC(N)=O)C(C)C.CO. The van der Waals surface area contributed by atoms with E-state index in [1.807, 2.05) is 44.2 Å². The molecule has 0 bridgehead atoms. The molecule has 0 heterocycles. The average Bonchev–Trinajstić information content (AvgIpc) is 3.13. The van der Waals surface area contributed by atoms with Crippen molar-refractivity contribution in [2.45, 2.75) is 156 Å². The molecule has 4 atom stereocenters. The van der Waals surface area contributed by atoms with E-state index < -0.39 is 29.8 Å². The summed E-state index contributed by atoms with van der Waals surface area (Å²) in [6, 6.07) is 8.31. The number of nitrogens with two attached hydrogens (primary N) is 1. The number of unbranched alkanes of at least 4 members (excludes halogenated alkanes) is 1. The van der Waals surface area contributed by atoms with E-state index in [4.69, 9.17) is 10.8 Å². The Hall–Kier alpha value is -3.44. The molecule has 1 aliphatic carbocycles. The van der Waals surface area contributed by atoms with E-state index in [2.05, 4.69) is 36.3 Å². The van der Waals surface area contributed by atoms with Gasteiger partial charge in [-0.05, 0) is 83.4 Å². The number of benzene rings is 1. The predicted molar refractivity (Wildman–Crippen MR) is 214 cm³/mol. The van der Waals surface area contributed by atoms with Crippen molar-refractivity contribution in [2.24, 2.45) is 29.4 Å². The minimum absolute atomic E-state index is 0.0109. The molecule has 5 N–H and O–H groups in total. The Bertz CT molecular complexity index is 1280. The minimum Gasteiger partial charge on any atom is -0.400 e. The van der Waals surface area contributed by atoms with Crippen LogP contribution in [-0.2, 0) is 35.2 Å². The number of rotatable bonds is 26. The second-order valence-corrected chi connectivity index (χ2v) is 15.8. The van der Waals surface area contributed by atoms with E-state index in [-0.39, 0.29) is 60.8 Å². The molecule has 1 fully saturated rings. The van der Waals surface area contributed by atoms with Crippen LogP contribution in [0.15, 0.2) is 30.3 Å². The maximum Gasteiger partial charge on any atom is 0.224 e. The zero-order chi connectivity index (χ0) is 40.6. The number of carbonyl (C=O) groups is 6. The van der Waals surface area contributed by atoms with Crippen LogP contribution >= 0.6 is 0 Å². The van der Waals surface area contributed by atoms with E-state index >= 15 is 0 Å². The summed E-state index contributed by atoms with van der Waals surface area (Å²) >= 11 is 0. The van der Waals surface area contributed by atoms with E-state index in [1.54, 1.807) is 6.92 Å². The number of nitrogens with one attached hydrogen (secondary N) is 2. The van der Waals surface area contributed by atoms with Gasteiger partial charge >= 0.3 is 0 Å². The summed E-state index contributed by atoms with van der Waals surface area (Å²) in [6.07, 6.45) is 8.48. The molecule has 11 heteroatoms. The van der Waals surface area contributed by atoms with Gasteiger partial charge in [0.25, 0.3) is 0 Å². The zero-order valence-corrected chi connectivity index (χ0v) is 34.4. The summed E-state index contributed by atoms with van der Waals surface area (Å²) in [7, 11) is 1.00. The molecule has 0 radical (unpaired) electrons. The Morgan fingerprint density at radius 2 is 1.43 bits per heavy atom. The molecule has 1 saturated carbocycles. The fourth-order valence-electron chi connectivity index (χ4n) is 7.38. The standard InChI is InChI=1S/C42H68N4O6.CH4O/c1-7-46(30(4)5)23-15-14-20-37(38(48)21-22-40(43)50)45-42(52)35(26-33-18-12-9-13-19-33)28-39(49)31(6)44-41(51)34(27-36(47)24-29(2)3)25-32-16-10-8-11-17-32;1-2/h8,10-11,16-17,29-31,33-35,37H,7,9,12-15,18-28H2,1-6H3,(H2,43,50)(H,44,51)(H,45,52);2H,1H3/t31-,34?,35?,37-;/m0./s1. The van der Waals surface area contributed by atoms with Gasteiger partial charge in [0.15, 0.2) is 11.6 Å². The lowest BCUT2D eigenvalue weighted by Crippen LogP contribution is -2.47. The van der Waals surface area contributed by atoms with Crippen molar-refractivity contribution in [2.75, 3.05) is 20.2 Å². The monoisotopic (exact) mass is 757 g/mol. The molecule has 0 aliphatic heterocycles. The Morgan fingerprint density at radius 3 is 2.00 bits per heavy atom. The van der Waals surface area contributed by atoms with Gasteiger partial charge in [-0.2, -0.15) is 0 Å². The summed E-state index contributed by atoms with van der Waals surface area (Å²) in [5.41, 5.74) is 6.28. The van der Waals surface area contributed by atoms with Gasteiger partial charge in [-0.1, -0.05) is 83.2 Å². The third-order valence-corrected chi connectivity index (χ3v) is 10.5. The van der Waals surface area contributed by atoms with Crippen LogP contribution < -0.4 is 16.4 Å². The Balaban J connectivity index is 0.00000716. The number of aliphatic hydroxyl groups excluding tert-OH is 1. The lowest BCUT2D eigenvalue weighted by molar-refractivity contribution is -0.135. The van der Waals surface area contributed by atoms with Crippen molar-refractivity contribution in [1.82, 2.24) is 15.5 Å². The number of aliphatic hydroxyl groups is 1. The average molecular weight is 757 g/mol. The molecule has 0 aromatic heterocycles. The Kier molecular flexibility index (Phi) is 24.5. The first-order chi connectivity index (χ1) is 25.7. The van der Waals surface area contributed by atoms with E-state index in [0.717, 1.165) is 70.7 Å².